The van der Waals surface area contributed by atoms with Crippen molar-refractivity contribution in [3.05, 3.63) is 29.6 Å². The maximum Gasteiger partial charge on any atom is 0.260 e. The second kappa shape index (κ2) is 4.72. The molecule has 17 heavy (non-hydrogen) atoms. The zero-order valence-electron chi connectivity index (χ0n) is 8.42. The Kier molecular flexibility index (Phi) is 3.73. The Morgan fingerprint density at radius 1 is 1.18 bits per heavy atom. The van der Waals surface area contributed by atoms with Crippen LogP contribution in [0, 0.1) is 17.5 Å². The highest BCUT2D eigenvalue weighted by atomic mass is 32.2. The second-order valence-corrected chi connectivity index (χ2v) is 4.61. The first kappa shape index (κ1) is 13.5. The molecule has 1 aromatic rings. The number of rotatable bonds is 3. The number of hydrogen-bond donors (Lipinski definition) is 2. The summed E-state index contributed by atoms with van der Waals surface area (Å²) in [4.78, 5) is 10.9. The lowest BCUT2D eigenvalue weighted by atomic mass is 10.3. The van der Waals surface area contributed by atoms with Crippen molar-refractivity contribution in [1.29, 1.82) is 0 Å². The highest BCUT2D eigenvalue weighted by Crippen LogP contribution is 2.18. The predicted octanol–water partition coefficient (Wildman–Crippen LogP) is 0.433. The minimum atomic E-state index is -4.49. The van der Waals surface area contributed by atoms with Crippen molar-refractivity contribution in [3.8, 4) is 0 Å². The van der Waals surface area contributed by atoms with E-state index < -0.39 is 38.3 Å². The fourth-order valence-corrected chi connectivity index (χ4v) is 1.87. The van der Waals surface area contributed by atoms with Crippen molar-refractivity contribution in [2.75, 3.05) is 0 Å². The van der Waals surface area contributed by atoms with Gasteiger partial charge in [-0.3, -0.25) is 10.2 Å². The van der Waals surface area contributed by atoms with Crippen LogP contribution in [0.15, 0.2) is 17.0 Å². The number of halogens is 3. The summed E-state index contributed by atoms with van der Waals surface area (Å²) in [6, 6.07) is 0.999. The zero-order chi connectivity index (χ0) is 13.2. The smallest absolute Gasteiger partial charge is 0.260 e. The van der Waals surface area contributed by atoms with Crippen molar-refractivity contribution in [2.24, 2.45) is 0 Å². The van der Waals surface area contributed by atoms with Crippen molar-refractivity contribution >= 4 is 15.9 Å². The van der Waals surface area contributed by atoms with E-state index in [0.29, 0.717) is 12.1 Å². The van der Waals surface area contributed by atoms with Gasteiger partial charge >= 0.3 is 0 Å². The molecule has 2 N–H and O–H groups in total. The fraction of sp³-hybridized carbons (Fsp3) is 0.125. The van der Waals surface area contributed by atoms with E-state index in [1.807, 2.05) is 0 Å². The highest BCUT2D eigenvalue weighted by Gasteiger charge is 2.23. The lowest BCUT2D eigenvalue weighted by Crippen LogP contribution is -2.40. The maximum atomic E-state index is 13.1. The van der Waals surface area contributed by atoms with Gasteiger partial charge in [0.2, 0.25) is 5.91 Å². The number of benzene rings is 1. The molecule has 0 saturated carbocycles. The van der Waals surface area contributed by atoms with Crippen LogP contribution in [0.3, 0.4) is 0 Å². The van der Waals surface area contributed by atoms with E-state index in [-0.39, 0.29) is 0 Å². The third kappa shape index (κ3) is 2.94. The molecule has 0 aliphatic carbocycles. The van der Waals surface area contributed by atoms with Gasteiger partial charge in [-0.15, -0.1) is 4.83 Å². The van der Waals surface area contributed by atoms with Gasteiger partial charge in [-0.05, 0) is 12.1 Å². The van der Waals surface area contributed by atoms with E-state index in [1.54, 1.807) is 5.43 Å². The number of amides is 1. The van der Waals surface area contributed by atoms with Crippen molar-refractivity contribution in [3.63, 3.8) is 0 Å². The number of carbonyl (C=O) groups excluding carboxylic acids is 1. The molecule has 0 aliphatic heterocycles. The summed E-state index contributed by atoms with van der Waals surface area (Å²) < 4.78 is 61.2. The summed E-state index contributed by atoms with van der Waals surface area (Å²) in [7, 11) is -4.49. The van der Waals surface area contributed by atoms with Gasteiger partial charge in [-0.1, -0.05) is 0 Å². The van der Waals surface area contributed by atoms with E-state index in [1.165, 1.54) is 4.83 Å². The molecular weight excluding hydrogens is 261 g/mol. The van der Waals surface area contributed by atoms with Crippen LogP contribution < -0.4 is 10.3 Å². The normalized spacial score (nSPS) is 11.3. The first-order chi connectivity index (χ1) is 7.75. The third-order valence-corrected chi connectivity index (χ3v) is 2.92. The topological polar surface area (TPSA) is 75.3 Å². The molecule has 1 rings (SSSR count). The van der Waals surface area contributed by atoms with Crippen LogP contribution >= 0.6 is 0 Å². The largest absolute Gasteiger partial charge is 0.278 e. The quantitative estimate of drug-likeness (QED) is 0.616. The Balaban J connectivity index is 3.16. The Hall–Kier alpha value is -1.61. The summed E-state index contributed by atoms with van der Waals surface area (Å²) in [6.45, 7) is 1.00. The van der Waals surface area contributed by atoms with E-state index in [4.69, 9.17) is 0 Å². The first-order valence-corrected chi connectivity index (χ1v) is 5.66. The van der Waals surface area contributed by atoms with E-state index in [9.17, 15) is 26.4 Å². The molecule has 0 radical (unpaired) electrons. The molecule has 0 unspecified atom stereocenters. The Bertz CT molecular complexity index is 559. The molecule has 1 amide bonds. The number of nitrogens with one attached hydrogen (secondary N) is 2. The van der Waals surface area contributed by atoms with E-state index in [0.717, 1.165) is 6.92 Å². The highest BCUT2D eigenvalue weighted by molar-refractivity contribution is 7.89. The number of sulfonamides is 1. The molecule has 0 fully saturated rings. The van der Waals surface area contributed by atoms with Gasteiger partial charge in [0, 0.05) is 6.92 Å². The SMILES string of the molecule is CC(=O)NNS(=O)(=O)c1ccc(F)c(F)c1F. The molecule has 0 bridgehead atoms. The molecule has 0 spiro atoms. The summed E-state index contributed by atoms with van der Waals surface area (Å²) in [5.74, 6) is -6.03. The average Bonchev–Trinajstić information content (AvgIpc) is 2.23. The van der Waals surface area contributed by atoms with Gasteiger partial charge in [0.05, 0.1) is 0 Å². The molecule has 0 aromatic heterocycles. The van der Waals surface area contributed by atoms with Gasteiger partial charge in [-0.2, -0.15) is 0 Å². The van der Waals surface area contributed by atoms with Crippen LogP contribution in [0.1, 0.15) is 6.92 Å². The van der Waals surface area contributed by atoms with Crippen molar-refractivity contribution < 1.29 is 26.4 Å². The minimum absolute atomic E-state index is 0.459. The summed E-state index contributed by atoms with van der Waals surface area (Å²) in [6.07, 6.45) is 0. The molecule has 94 valence electrons. The first-order valence-electron chi connectivity index (χ1n) is 4.17. The van der Waals surface area contributed by atoms with Gasteiger partial charge in [0.15, 0.2) is 17.5 Å². The van der Waals surface area contributed by atoms with Crippen LogP contribution in [0.2, 0.25) is 0 Å². The molecule has 1 aromatic carbocycles. The Morgan fingerprint density at radius 2 is 1.76 bits per heavy atom. The van der Waals surface area contributed by atoms with Crippen LogP contribution in [0.5, 0.6) is 0 Å². The van der Waals surface area contributed by atoms with Crippen LogP contribution in [-0.4, -0.2) is 14.3 Å². The molecule has 5 nitrogen and oxygen atoms in total. The summed E-state index contributed by atoms with van der Waals surface area (Å²) >= 11 is 0. The van der Waals surface area contributed by atoms with Gasteiger partial charge in [0.25, 0.3) is 10.0 Å². The molecular formula is C8H7F3N2O3S. The minimum Gasteiger partial charge on any atom is -0.278 e. The van der Waals surface area contributed by atoms with E-state index >= 15 is 0 Å². The monoisotopic (exact) mass is 268 g/mol. The van der Waals surface area contributed by atoms with Crippen molar-refractivity contribution in [1.82, 2.24) is 10.3 Å². The molecule has 0 saturated heterocycles. The van der Waals surface area contributed by atoms with Crippen LogP contribution in [0.25, 0.3) is 0 Å². The fourth-order valence-electron chi connectivity index (χ4n) is 0.910. The third-order valence-electron chi connectivity index (χ3n) is 1.65. The second-order valence-electron chi connectivity index (χ2n) is 2.96. The number of hydrazine groups is 1. The summed E-state index contributed by atoms with van der Waals surface area (Å²) in [5, 5.41) is 0. The zero-order valence-corrected chi connectivity index (χ0v) is 9.24. The van der Waals surface area contributed by atoms with E-state index in [2.05, 4.69) is 0 Å². The number of hydrogen-bond acceptors (Lipinski definition) is 3. The van der Waals surface area contributed by atoms with Gasteiger partial charge < -0.3 is 0 Å². The molecule has 0 aliphatic rings. The molecule has 9 heteroatoms. The number of carbonyl (C=O) groups is 1. The molecule has 0 atom stereocenters. The maximum absolute atomic E-state index is 13.1. The lowest BCUT2D eigenvalue weighted by molar-refractivity contribution is -0.119. The molecule has 0 heterocycles. The average molecular weight is 268 g/mol. The summed E-state index contributed by atoms with van der Waals surface area (Å²) in [5.41, 5.74) is 1.69. The van der Waals surface area contributed by atoms with Gasteiger partial charge in [0.1, 0.15) is 4.90 Å². The Morgan fingerprint density at radius 3 is 2.29 bits per heavy atom. The predicted molar refractivity (Wildman–Crippen MR) is 50.5 cm³/mol. The van der Waals surface area contributed by atoms with Crippen LogP contribution in [0.4, 0.5) is 13.2 Å². The van der Waals surface area contributed by atoms with Gasteiger partial charge in [-0.25, -0.2) is 21.6 Å². The Labute approximate surface area is 94.7 Å². The van der Waals surface area contributed by atoms with Crippen molar-refractivity contribution in [2.45, 2.75) is 11.8 Å². The lowest BCUT2D eigenvalue weighted by Gasteiger charge is -2.08. The van der Waals surface area contributed by atoms with Crippen LogP contribution in [-0.2, 0) is 14.8 Å². The standard InChI is InChI=1S/C8H7F3N2O3S/c1-4(14)12-13-17(15,16)6-3-2-5(9)7(10)8(6)11/h2-3,13H,1H3,(H,12,14).